The van der Waals surface area contributed by atoms with Gasteiger partial charge in [0.15, 0.2) is 0 Å². The molecule has 1 unspecified atom stereocenters. The van der Waals surface area contributed by atoms with Crippen molar-refractivity contribution in [2.45, 2.75) is 30.8 Å². The van der Waals surface area contributed by atoms with Crippen LogP contribution in [0.5, 0.6) is 11.5 Å². The van der Waals surface area contributed by atoms with E-state index in [-0.39, 0.29) is 17.9 Å². The number of carbonyl (C=O) groups excluding carboxylic acids is 1. The van der Waals surface area contributed by atoms with Gasteiger partial charge in [0.1, 0.15) is 17.5 Å². The molecule has 0 aliphatic heterocycles. The fraction of sp³-hybridized carbons (Fsp3) is 0.240. The van der Waals surface area contributed by atoms with E-state index >= 15 is 0 Å². The third-order valence-corrected chi connectivity index (χ3v) is 6.67. The summed E-state index contributed by atoms with van der Waals surface area (Å²) in [7, 11) is -0.837. The van der Waals surface area contributed by atoms with Gasteiger partial charge >= 0.3 is 0 Å². The summed E-state index contributed by atoms with van der Waals surface area (Å²) in [5.41, 5.74) is 2.40. The first-order valence-electron chi connectivity index (χ1n) is 10.4. The molecule has 0 fully saturated rings. The topological polar surface area (TPSA) is 93.7 Å². The number of sulfonamides is 1. The lowest BCUT2D eigenvalue weighted by Crippen LogP contribution is -2.47. The number of carbonyl (C=O) groups is 1. The smallest absolute Gasteiger partial charge is 0.241 e. The third kappa shape index (κ3) is 6.57. The van der Waals surface area contributed by atoms with E-state index in [4.69, 9.17) is 9.47 Å². The number of aryl methyl sites for hydroxylation is 1. The van der Waals surface area contributed by atoms with Crippen LogP contribution in [0.15, 0.2) is 77.7 Å². The number of ether oxygens (including phenoxy) is 2. The van der Waals surface area contributed by atoms with Gasteiger partial charge in [-0.15, -0.1) is 0 Å². The largest absolute Gasteiger partial charge is 0.497 e. The number of methoxy groups -OCH3 is 2. The van der Waals surface area contributed by atoms with Gasteiger partial charge in [-0.25, -0.2) is 8.42 Å². The van der Waals surface area contributed by atoms with E-state index < -0.39 is 22.0 Å². The van der Waals surface area contributed by atoms with Crippen molar-refractivity contribution in [2.24, 2.45) is 0 Å². The minimum atomic E-state index is -3.95. The molecule has 0 saturated heterocycles. The van der Waals surface area contributed by atoms with Crippen molar-refractivity contribution < 1.29 is 22.7 Å². The number of rotatable bonds is 10. The Balaban J connectivity index is 1.79. The number of hydrogen-bond acceptors (Lipinski definition) is 5. The fourth-order valence-electron chi connectivity index (χ4n) is 3.37. The van der Waals surface area contributed by atoms with Crippen LogP contribution in [0.3, 0.4) is 0 Å². The Bertz CT molecular complexity index is 1180. The summed E-state index contributed by atoms with van der Waals surface area (Å²) < 4.78 is 39.1. The number of nitrogens with one attached hydrogen (secondary N) is 2. The van der Waals surface area contributed by atoms with Crippen molar-refractivity contribution in [3.63, 3.8) is 0 Å². The van der Waals surface area contributed by atoms with E-state index in [0.29, 0.717) is 11.3 Å². The maximum Gasteiger partial charge on any atom is 0.241 e. The summed E-state index contributed by atoms with van der Waals surface area (Å²) in [5, 5.41) is 2.83. The average molecular weight is 469 g/mol. The number of benzene rings is 3. The Kier molecular flexibility index (Phi) is 8.08. The Morgan fingerprint density at radius 3 is 2.21 bits per heavy atom. The highest BCUT2D eigenvalue weighted by Gasteiger charge is 2.26. The molecule has 33 heavy (non-hydrogen) atoms. The van der Waals surface area contributed by atoms with E-state index in [2.05, 4.69) is 10.0 Å². The predicted molar refractivity (Wildman–Crippen MR) is 127 cm³/mol. The standard InChI is InChI=1S/C25H28N2O5S/c1-18-15-22(13-14-24(18)32-3)33(29,30)27-23(16-19-7-5-4-6-8-19)25(28)26-17-20-9-11-21(31-2)12-10-20/h4-15,23,27H,16-17H2,1-3H3,(H,26,28). The Hall–Kier alpha value is -3.36. The van der Waals surface area contributed by atoms with Crippen molar-refractivity contribution in [1.29, 1.82) is 0 Å². The second-order valence-corrected chi connectivity index (χ2v) is 9.27. The van der Waals surface area contributed by atoms with E-state index in [1.165, 1.54) is 19.2 Å². The molecule has 1 atom stereocenters. The Labute approximate surface area is 194 Å². The van der Waals surface area contributed by atoms with Crippen molar-refractivity contribution in [1.82, 2.24) is 10.0 Å². The summed E-state index contributed by atoms with van der Waals surface area (Å²) in [6.45, 7) is 2.03. The van der Waals surface area contributed by atoms with Crippen molar-refractivity contribution in [2.75, 3.05) is 14.2 Å². The van der Waals surface area contributed by atoms with Crippen LogP contribution in [-0.4, -0.2) is 34.6 Å². The molecule has 8 heteroatoms. The van der Waals surface area contributed by atoms with Crippen LogP contribution in [0.2, 0.25) is 0 Å². The SMILES string of the molecule is COc1ccc(CNC(=O)C(Cc2ccccc2)NS(=O)(=O)c2ccc(OC)c(C)c2)cc1. The van der Waals surface area contributed by atoms with E-state index in [9.17, 15) is 13.2 Å². The van der Waals surface area contributed by atoms with Crippen molar-refractivity contribution in [3.8, 4) is 11.5 Å². The lowest BCUT2D eigenvalue weighted by molar-refractivity contribution is -0.122. The summed E-state index contributed by atoms with van der Waals surface area (Å²) in [4.78, 5) is 13.1. The molecule has 0 aromatic heterocycles. The zero-order valence-electron chi connectivity index (χ0n) is 18.9. The van der Waals surface area contributed by atoms with E-state index in [1.54, 1.807) is 32.2 Å². The van der Waals surface area contributed by atoms with Crippen LogP contribution < -0.4 is 19.5 Å². The molecule has 7 nitrogen and oxygen atoms in total. The summed E-state index contributed by atoms with van der Waals surface area (Å²) in [6.07, 6.45) is 0.212. The van der Waals surface area contributed by atoms with Crippen LogP contribution in [0.1, 0.15) is 16.7 Å². The van der Waals surface area contributed by atoms with Gasteiger partial charge in [0.2, 0.25) is 15.9 Å². The van der Waals surface area contributed by atoms with Crippen molar-refractivity contribution >= 4 is 15.9 Å². The Morgan fingerprint density at radius 1 is 0.909 bits per heavy atom. The third-order valence-electron chi connectivity index (χ3n) is 5.20. The molecule has 0 aliphatic rings. The number of amides is 1. The first kappa shape index (κ1) is 24.3. The first-order chi connectivity index (χ1) is 15.8. The fourth-order valence-corrected chi connectivity index (χ4v) is 4.65. The lowest BCUT2D eigenvalue weighted by Gasteiger charge is -2.19. The molecular weight excluding hydrogens is 440 g/mol. The molecular formula is C25H28N2O5S. The molecule has 3 rings (SSSR count). The highest BCUT2D eigenvalue weighted by molar-refractivity contribution is 7.89. The molecule has 1 amide bonds. The van der Waals surface area contributed by atoms with Gasteiger partial charge in [-0.3, -0.25) is 4.79 Å². The van der Waals surface area contributed by atoms with Gasteiger partial charge in [0.25, 0.3) is 0 Å². The molecule has 0 aliphatic carbocycles. The highest BCUT2D eigenvalue weighted by atomic mass is 32.2. The molecule has 3 aromatic rings. The van der Waals surface area contributed by atoms with Crippen LogP contribution in [-0.2, 0) is 27.8 Å². The molecule has 0 spiro atoms. The molecule has 2 N–H and O–H groups in total. The first-order valence-corrected chi connectivity index (χ1v) is 11.9. The van der Waals surface area contributed by atoms with Gasteiger partial charge in [0, 0.05) is 6.54 Å². The molecule has 0 radical (unpaired) electrons. The van der Waals surface area contributed by atoms with E-state index in [1.807, 2.05) is 42.5 Å². The average Bonchev–Trinajstić information content (AvgIpc) is 2.83. The lowest BCUT2D eigenvalue weighted by atomic mass is 10.1. The number of hydrogen-bond donors (Lipinski definition) is 2. The summed E-state index contributed by atoms with van der Waals surface area (Å²) in [5.74, 6) is 0.894. The zero-order chi connectivity index (χ0) is 23.8. The maximum absolute atomic E-state index is 13.1. The van der Waals surface area contributed by atoms with Gasteiger partial charge in [-0.1, -0.05) is 42.5 Å². The monoisotopic (exact) mass is 468 g/mol. The van der Waals surface area contributed by atoms with Gasteiger partial charge in [-0.05, 0) is 60.4 Å². The summed E-state index contributed by atoms with van der Waals surface area (Å²) >= 11 is 0. The molecule has 0 saturated carbocycles. The van der Waals surface area contributed by atoms with Crippen LogP contribution in [0.25, 0.3) is 0 Å². The maximum atomic E-state index is 13.1. The van der Waals surface area contributed by atoms with Crippen LogP contribution >= 0.6 is 0 Å². The minimum Gasteiger partial charge on any atom is -0.497 e. The molecule has 174 valence electrons. The normalized spacial score (nSPS) is 12.1. The van der Waals surface area contributed by atoms with Crippen molar-refractivity contribution in [3.05, 3.63) is 89.5 Å². The quantitative estimate of drug-likeness (QED) is 0.477. The van der Waals surface area contributed by atoms with Crippen LogP contribution in [0.4, 0.5) is 0 Å². The minimum absolute atomic E-state index is 0.0711. The second kappa shape index (κ2) is 11.0. The molecule has 0 heterocycles. The zero-order valence-corrected chi connectivity index (χ0v) is 19.7. The van der Waals surface area contributed by atoms with Gasteiger partial charge in [0.05, 0.1) is 19.1 Å². The summed E-state index contributed by atoms with van der Waals surface area (Å²) in [6, 6.07) is 20.2. The molecule has 0 bridgehead atoms. The van der Waals surface area contributed by atoms with Crippen LogP contribution in [0, 0.1) is 6.92 Å². The van der Waals surface area contributed by atoms with Gasteiger partial charge < -0.3 is 14.8 Å². The second-order valence-electron chi connectivity index (χ2n) is 7.56. The highest BCUT2D eigenvalue weighted by Crippen LogP contribution is 2.21. The Morgan fingerprint density at radius 2 is 1.61 bits per heavy atom. The molecule has 3 aromatic carbocycles. The van der Waals surface area contributed by atoms with E-state index in [0.717, 1.165) is 16.9 Å². The van der Waals surface area contributed by atoms with Gasteiger partial charge in [-0.2, -0.15) is 4.72 Å². The predicted octanol–water partition coefficient (Wildman–Crippen LogP) is 3.22.